The number of benzene rings is 1. The SMILES string of the molecule is Nc1ccc(N2CCCC2)c(S(=O)(=O)N2CCCC2)c1. The molecule has 0 amide bonds. The summed E-state index contributed by atoms with van der Waals surface area (Å²) < 4.78 is 27.2. The Balaban J connectivity index is 2.04. The Hall–Kier alpha value is -1.27. The fourth-order valence-electron chi connectivity index (χ4n) is 3.02. The van der Waals surface area contributed by atoms with Gasteiger partial charge in [0.2, 0.25) is 10.0 Å². The molecule has 1 aromatic rings. The van der Waals surface area contributed by atoms with Crippen molar-refractivity contribution in [2.75, 3.05) is 36.8 Å². The van der Waals surface area contributed by atoms with E-state index in [2.05, 4.69) is 4.90 Å². The molecule has 1 aromatic carbocycles. The van der Waals surface area contributed by atoms with Crippen molar-refractivity contribution in [2.24, 2.45) is 0 Å². The molecule has 20 heavy (non-hydrogen) atoms. The van der Waals surface area contributed by atoms with E-state index in [0.717, 1.165) is 44.5 Å². The highest BCUT2D eigenvalue weighted by atomic mass is 32.2. The average Bonchev–Trinajstić information content (AvgIpc) is 3.12. The van der Waals surface area contributed by atoms with Gasteiger partial charge in [0.15, 0.2) is 0 Å². The van der Waals surface area contributed by atoms with Crippen LogP contribution >= 0.6 is 0 Å². The Morgan fingerprint density at radius 3 is 2.20 bits per heavy atom. The number of nitrogens with zero attached hydrogens (tertiary/aromatic N) is 2. The molecule has 2 heterocycles. The largest absolute Gasteiger partial charge is 0.399 e. The maximum atomic E-state index is 12.8. The van der Waals surface area contributed by atoms with Gasteiger partial charge < -0.3 is 10.6 Å². The Bertz CT molecular complexity index is 588. The van der Waals surface area contributed by atoms with E-state index in [4.69, 9.17) is 5.73 Å². The highest BCUT2D eigenvalue weighted by Crippen LogP contribution is 2.33. The molecule has 0 saturated carbocycles. The molecule has 0 atom stereocenters. The van der Waals surface area contributed by atoms with Gasteiger partial charge in [0.1, 0.15) is 4.90 Å². The van der Waals surface area contributed by atoms with E-state index in [-0.39, 0.29) is 0 Å². The quantitative estimate of drug-likeness (QED) is 0.861. The normalized spacial score (nSPS) is 20.7. The van der Waals surface area contributed by atoms with Crippen LogP contribution < -0.4 is 10.6 Å². The third kappa shape index (κ3) is 2.38. The number of hydrogen-bond acceptors (Lipinski definition) is 4. The Labute approximate surface area is 120 Å². The minimum atomic E-state index is -3.42. The molecule has 2 saturated heterocycles. The van der Waals surface area contributed by atoms with Crippen LogP contribution in [0.5, 0.6) is 0 Å². The molecule has 0 radical (unpaired) electrons. The summed E-state index contributed by atoms with van der Waals surface area (Å²) in [5.74, 6) is 0. The van der Waals surface area contributed by atoms with Gasteiger partial charge in [-0.1, -0.05) is 0 Å². The second kappa shape index (κ2) is 5.26. The van der Waals surface area contributed by atoms with E-state index in [1.54, 1.807) is 16.4 Å². The van der Waals surface area contributed by atoms with E-state index >= 15 is 0 Å². The molecule has 2 aliphatic rings. The van der Waals surface area contributed by atoms with Gasteiger partial charge in [0, 0.05) is 31.9 Å². The molecule has 2 N–H and O–H groups in total. The monoisotopic (exact) mass is 295 g/mol. The first-order valence-electron chi connectivity index (χ1n) is 7.24. The second-order valence-electron chi connectivity index (χ2n) is 5.53. The summed E-state index contributed by atoms with van der Waals surface area (Å²) in [6.07, 6.45) is 4.13. The van der Waals surface area contributed by atoms with Gasteiger partial charge in [-0.05, 0) is 43.9 Å². The van der Waals surface area contributed by atoms with Gasteiger partial charge in [-0.3, -0.25) is 0 Å². The van der Waals surface area contributed by atoms with Crippen molar-refractivity contribution in [3.8, 4) is 0 Å². The molecule has 110 valence electrons. The Kier molecular flexibility index (Phi) is 3.60. The first kappa shape index (κ1) is 13.7. The Morgan fingerprint density at radius 2 is 1.55 bits per heavy atom. The van der Waals surface area contributed by atoms with Gasteiger partial charge in [0.05, 0.1) is 5.69 Å². The van der Waals surface area contributed by atoms with Crippen molar-refractivity contribution >= 4 is 21.4 Å². The zero-order valence-corrected chi connectivity index (χ0v) is 12.4. The average molecular weight is 295 g/mol. The summed E-state index contributed by atoms with van der Waals surface area (Å²) in [5, 5.41) is 0. The predicted molar refractivity (Wildman–Crippen MR) is 80.3 cm³/mol. The number of rotatable bonds is 3. The number of anilines is 2. The van der Waals surface area contributed by atoms with Crippen molar-refractivity contribution in [1.29, 1.82) is 0 Å². The maximum absolute atomic E-state index is 12.8. The van der Waals surface area contributed by atoms with E-state index in [9.17, 15) is 8.42 Å². The molecule has 2 aliphatic heterocycles. The third-order valence-corrected chi connectivity index (χ3v) is 6.04. The van der Waals surface area contributed by atoms with Gasteiger partial charge >= 0.3 is 0 Å². The minimum Gasteiger partial charge on any atom is -0.399 e. The van der Waals surface area contributed by atoms with E-state index in [0.29, 0.717) is 23.7 Å². The lowest BCUT2D eigenvalue weighted by molar-refractivity contribution is 0.477. The predicted octanol–water partition coefficient (Wildman–Crippen LogP) is 1.65. The molecular weight excluding hydrogens is 274 g/mol. The number of nitrogens with two attached hydrogens (primary N) is 1. The van der Waals surface area contributed by atoms with Crippen LogP contribution in [0.4, 0.5) is 11.4 Å². The number of nitrogen functional groups attached to an aromatic ring is 1. The molecule has 6 heteroatoms. The van der Waals surface area contributed by atoms with Gasteiger partial charge in [-0.25, -0.2) is 8.42 Å². The van der Waals surface area contributed by atoms with E-state index < -0.39 is 10.0 Å². The minimum absolute atomic E-state index is 0.376. The first-order chi connectivity index (χ1) is 9.59. The second-order valence-corrected chi connectivity index (χ2v) is 7.44. The number of hydrogen-bond donors (Lipinski definition) is 1. The van der Waals surface area contributed by atoms with Gasteiger partial charge in [-0.15, -0.1) is 0 Å². The molecule has 0 aromatic heterocycles. The summed E-state index contributed by atoms with van der Waals surface area (Å²) in [7, 11) is -3.42. The maximum Gasteiger partial charge on any atom is 0.245 e. The highest BCUT2D eigenvalue weighted by Gasteiger charge is 2.31. The lowest BCUT2D eigenvalue weighted by Gasteiger charge is -2.24. The summed E-state index contributed by atoms with van der Waals surface area (Å²) in [6, 6.07) is 5.25. The summed E-state index contributed by atoms with van der Waals surface area (Å²) in [4.78, 5) is 2.53. The summed E-state index contributed by atoms with van der Waals surface area (Å²) >= 11 is 0. The topological polar surface area (TPSA) is 66.6 Å². The highest BCUT2D eigenvalue weighted by molar-refractivity contribution is 7.89. The van der Waals surface area contributed by atoms with Crippen LogP contribution in [0.1, 0.15) is 25.7 Å². The van der Waals surface area contributed by atoms with Crippen molar-refractivity contribution < 1.29 is 8.42 Å². The first-order valence-corrected chi connectivity index (χ1v) is 8.68. The summed E-state index contributed by atoms with van der Waals surface area (Å²) in [5.41, 5.74) is 7.13. The van der Waals surface area contributed by atoms with Crippen molar-refractivity contribution in [3.63, 3.8) is 0 Å². The van der Waals surface area contributed by atoms with Gasteiger partial charge in [0.25, 0.3) is 0 Å². The molecule has 0 bridgehead atoms. The van der Waals surface area contributed by atoms with Crippen molar-refractivity contribution in [3.05, 3.63) is 18.2 Å². The molecule has 0 unspecified atom stereocenters. The van der Waals surface area contributed by atoms with Crippen LogP contribution in [0.2, 0.25) is 0 Å². The molecular formula is C14H21N3O2S. The third-order valence-electron chi connectivity index (χ3n) is 4.11. The van der Waals surface area contributed by atoms with Crippen LogP contribution in [0, 0.1) is 0 Å². The fraction of sp³-hybridized carbons (Fsp3) is 0.571. The van der Waals surface area contributed by atoms with Crippen molar-refractivity contribution in [1.82, 2.24) is 4.31 Å². The van der Waals surface area contributed by atoms with E-state index in [1.165, 1.54) is 0 Å². The zero-order chi connectivity index (χ0) is 14.2. The van der Waals surface area contributed by atoms with Crippen LogP contribution in [0.3, 0.4) is 0 Å². The molecule has 5 nitrogen and oxygen atoms in total. The van der Waals surface area contributed by atoms with Crippen LogP contribution in [-0.2, 0) is 10.0 Å². The number of sulfonamides is 1. The van der Waals surface area contributed by atoms with Gasteiger partial charge in [-0.2, -0.15) is 4.31 Å². The lowest BCUT2D eigenvalue weighted by atomic mass is 10.2. The summed E-state index contributed by atoms with van der Waals surface area (Å²) in [6.45, 7) is 3.09. The van der Waals surface area contributed by atoms with E-state index in [1.807, 2.05) is 6.07 Å². The lowest BCUT2D eigenvalue weighted by Crippen LogP contribution is -2.30. The molecule has 3 rings (SSSR count). The molecule has 2 fully saturated rings. The van der Waals surface area contributed by atoms with Crippen molar-refractivity contribution in [2.45, 2.75) is 30.6 Å². The molecule has 0 spiro atoms. The Morgan fingerprint density at radius 1 is 0.950 bits per heavy atom. The van der Waals surface area contributed by atoms with Crippen LogP contribution in [-0.4, -0.2) is 38.9 Å². The standard InChI is InChI=1S/C14H21N3O2S/c15-12-5-6-13(16-7-1-2-8-16)14(11-12)20(18,19)17-9-3-4-10-17/h5-6,11H,1-4,7-10,15H2. The smallest absolute Gasteiger partial charge is 0.245 e. The molecule has 0 aliphatic carbocycles. The van der Waals surface area contributed by atoms with Crippen LogP contribution in [0.25, 0.3) is 0 Å². The zero-order valence-electron chi connectivity index (χ0n) is 11.6. The van der Waals surface area contributed by atoms with Crippen LogP contribution in [0.15, 0.2) is 23.1 Å². The fourth-order valence-corrected chi connectivity index (χ4v) is 4.79.